The van der Waals surface area contributed by atoms with Crippen molar-refractivity contribution in [2.75, 3.05) is 7.05 Å². The van der Waals surface area contributed by atoms with E-state index in [1.807, 2.05) is 6.07 Å². The third kappa shape index (κ3) is 3.14. The lowest BCUT2D eigenvalue weighted by Gasteiger charge is -1.89. The number of carbonyl (C=O) groups is 1. The molecule has 5 nitrogen and oxygen atoms in total. The lowest BCUT2D eigenvalue weighted by molar-refractivity contribution is -0.119. The minimum atomic E-state index is -0.456. The number of carbonyl (C=O) groups excluding carboxylic acids is 1. The molecule has 0 aromatic heterocycles. The molecule has 0 aliphatic rings. The van der Waals surface area contributed by atoms with E-state index in [1.54, 1.807) is 0 Å². The van der Waals surface area contributed by atoms with Crippen LogP contribution in [0.4, 0.5) is 0 Å². The van der Waals surface area contributed by atoms with Gasteiger partial charge in [-0.1, -0.05) is 0 Å². The minimum absolute atomic E-state index is 0.0194. The van der Waals surface area contributed by atoms with E-state index < -0.39 is 5.91 Å². The minimum Gasteiger partial charge on any atom is -0.361 e. The van der Waals surface area contributed by atoms with Crippen molar-refractivity contribution in [1.82, 2.24) is 5.32 Å². The van der Waals surface area contributed by atoms with Crippen molar-refractivity contribution >= 4 is 11.6 Å². The first-order chi connectivity index (χ1) is 5.26. The van der Waals surface area contributed by atoms with Gasteiger partial charge < -0.3 is 10.8 Å². The Morgan fingerprint density at radius 1 is 1.82 bits per heavy atom. The van der Waals surface area contributed by atoms with E-state index in [0.717, 1.165) is 0 Å². The first kappa shape index (κ1) is 9.34. The molecule has 0 rings (SSSR count). The maximum absolute atomic E-state index is 10.7. The molecule has 58 valence electrons. The predicted molar refractivity (Wildman–Crippen MR) is 37.5 cm³/mol. The van der Waals surface area contributed by atoms with Crippen molar-refractivity contribution in [3.63, 3.8) is 0 Å². The molecule has 0 aliphatic heterocycles. The zero-order valence-corrected chi connectivity index (χ0v) is 6.16. The van der Waals surface area contributed by atoms with Crippen LogP contribution >= 0.6 is 0 Å². The molecule has 0 aromatic rings. The Hall–Kier alpha value is -1.66. The van der Waals surface area contributed by atoms with E-state index in [9.17, 15) is 4.79 Å². The molecule has 1 amide bonds. The van der Waals surface area contributed by atoms with Gasteiger partial charge >= 0.3 is 11.6 Å². The first-order valence-corrected chi connectivity index (χ1v) is 3.06. The van der Waals surface area contributed by atoms with E-state index in [0.29, 0.717) is 0 Å². The van der Waals surface area contributed by atoms with E-state index in [4.69, 9.17) is 10.8 Å². The van der Waals surface area contributed by atoms with Crippen LogP contribution in [0.5, 0.6) is 0 Å². The van der Waals surface area contributed by atoms with Gasteiger partial charge in [0.2, 0.25) is 0 Å². The van der Waals surface area contributed by atoms with Crippen molar-refractivity contribution in [3.8, 4) is 6.07 Å². The van der Waals surface area contributed by atoms with Crippen molar-refractivity contribution < 1.29 is 9.58 Å². The molecule has 0 fully saturated rings. The maximum atomic E-state index is 10.7. The standard InChI is InChI=1S/C6H8N4O/c1-9-6(11)5(10-8)3-2-4-7/h2-3H2,1H3,(H,9,11). The van der Waals surface area contributed by atoms with Gasteiger partial charge in [-0.3, -0.25) is 4.79 Å². The van der Waals surface area contributed by atoms with Crippen LogP contribution in [0.3, 0.4) is 0 Å². The van der Waals surface area contributed by atoms with Crippen molar-refractivity contribution in [2.24, 2.45) is 0 Å². The van der Waals surface area contributed by atoms with Crippen molar-refractivity contribution in [2.45, 2.75) is 12.8 Å². The highest BCUT2D eigenvalue weighted by Crippen LogP contribution is 1.88. The van der Waals surface area contributed by atoms with Crippen LogP contribution in [-0.2, 0) is 4.79 Å². The molecule has 1 N–H and O–H groups in total. The molecule has 0 saturated carbocycles. The summed E-state index contributed by atoms with van der Waals surface area (Å²) in [6.07, 6.45) is 0.347. The second kappa shape index (κ2) is 5.15. The molecule has 0 bridgehead atoms. The van der Waals surface area contributed by atoms with E-state index in [1.165, 1.54) is 7.05 Å². The second-order valence-corrected chi connectivity index (χ2v) is 1.78. The Kier molecular flexibility index (Phi) is 4.37. The summed E-state index contributed by atoms with van der Waals surface area (Å²) >= 11 is 0. The highest BCUT2D eigenvalue weighted by molar-refractivity contribution is 6.36. The predicted octanol–water partition coefficient (Wildman–Crippen LogP) is -0.293. The van der Waals surface area contributed by atoms with Gasteiger partial charge in [0.15, 0.2) is 0 Å². The van der Waals surface area contributed by atoms with Gasteiger partial charge in [0.05, 0.1) is 12.5 Å². The van der Waals surface area contributed by atoms with E-state index >= 15 is 0 Å². The Balaban J connectivity index is 4.12. The summed E-state index contributed by atoms with van der Waals surface area (Å²) in [6.45, 7) is 0. The Bertz CT molecular complexity index is 233. The molecule has 0 aromatic carbocycles. The number of nitriles is 1. The smallest absolute Gasteiger partial charge is 0.356 e. The van der Waals surface area contributed by atoms with Gasteiger partial charge in [0, 0.05) is 13.5 Å². The number of nitrogens with one attached hydrogen (secondary N) is 1. The molecule has 5 heteroatoms. The SMILES string of the molecule is CNC(=O)C(CCC#N)=[N+]=[N-]. The third-order valence-corrected chi connectivity index (χ3v) is 1.08. The van der Waals surface area contributed by atoms with Crippen LogP contribution in [0.15, 0.2) is 0 Å². The van der Waals surface area contributed by atoms with Crippen LogP contribution in [-0.4, -0.2) is 23.5 Å². The largest absolute Gasteiger partial charge is 0.361 e. The van der Waals surface area contributed by atoms with Crippen molar-refractivity contribution in [1.29, 1.82) is 5.26 Å². The number of nitrogens with zero attached hydrogens (tertiary/aromatic N) is 3. The molecule has 0 unspecified atom stereocenters. The zero-order chi connectivity index (χ0) is 8.69. The molecule has 0 radical (unpaired) electrons. The molecule has 0 heterocycles. The fourth-order valence-corrected chi connectivity index (χ4v) is 0.528. The lowest BCUT2D eigenvalue weighted by Crippen LogP contribution is -2.28. The summed E-state index contributed by atoms with van der Waals surface area (Å²) in [5.41, 5.74) is 8.25. The van der Waals surface area contributed by atoms with Gasteiger partial charge in [-0.2, -0.15) is 10.1 Å². The van der Waals surface area contributed by atoms with Crippen LogP contribution in [0, 0.1) is 11.3 Å². The normalized spacial score (nSPS) is 7.64. The van der Waals surface area contributed by atoms with E-state index in [2.05, 4.69) is 10.1 Å². The molecule has 0 spiro atoms. The summed E-state index contributed by atoms with van der Waals surface area (Å²) in [7, 11) is 1.43. The molecule has 11 heavy (non-hydrogen) atoms. The third-order valence-electron chi connectivity index (χ3n) is 1.08. The monoisotopic (exact) mass is 152 g/mol. The summed E-state index contributed by atoms with van der Waals surface area (Å²) < 4.78 is 0. The average molecular weight is 152 g/mol. The Morgan fingerprint density at radius 3 is 2.82 bits per heavy atom. The second-order valence-electron chi connectivity index (χ2n) is 1.78. The summed E-state index contributed by atoms with van der Waals surface area (Å²) in [6, 6.07) is 1.84. The highest BCUT2D eigenvalue weighted by atomic mass is 16.1. The number of rotatable bonds is 3. The molecule has 0 atom stereocenters. The van der Waals surface area contributed by atoms with Gasteiger partial charge in [0.25, 0.3) is 0 Å². The summed E-state index contributed by atoms with van der Waals surface area (Å²) in [5, 5.41) is 10.4. The Labute approximate surface area is 64.3 Å². The average Bonchev–Trinajstić information content (AvgIpc) is 2.05. The summed E-state index contributed by atoms with van der Waals surface area (Å²) in [4.78, 5) is 13.5. The fourth-order valence-electron chi connectivity index (χ4n) is 0.528. The number of hydrogen-bond donors (Lipinski definition) is 1. The molecule has 0 aliphatic carbocycles. The molecular weight excluding hydrogens is 144 g/mol. The molecule has 0 saturated heterocycles. The summed E-state index contributed by atoms with van der Waals surface area (Å²) in [5.74, 6) is -0.456. The first-order valence-electron chi connectivity index (χ1n) is 3.06. The van der Waals surface area contributed by atoms with Gasteiger partial charge in [-0.05, 0) is 0 Å². The van der Waals surface area contributed by atoms with Crippen LogP contribution in [0.1, 0.15) is 12.8 Å². The fraction of sp³-hybridized carbons (Fsp3) is 0.500. The topological polar surface area (TPSA) is 89.3 Å². The van der Waals surface area contributed by atoms with Crippen LogP contribution < -0.4 is 5.32 Å². The van der Waals surface area contributed by atoms with Gasteiger partial charge in [-0.25, -0.2) is 0 Å². The lowest BCUT2D eigenvalue weighted by atomic mass is 10.2. The quantitative estimate of drug-likeness (QED) is 0.342. The highest BCUT2D eigenvalue weighted by Gasteiger charge is 2.16. The van der Waals surface area contributed by atoms with Crippen molar-refractivity contribution in [3.05, 3.63) is 5.53 Å². The van der Waals surface area contributed by atoms with Crippen LogP contribution in [0.2, 0.25) is 0 Å². The van der Waals surface area contributed by atoms with Gasteiger partial charge in [-0.15, -0.1) is 0 Å². The zero-order valence-electron chi connectivity index (χ0n) is 6.16. The van der Waals surface area contributed by atoms with Gasteiger partial charge in [0.1, 0.15) is 0 Å². The van der Waals surface area contributed by atoms with E-state index in [-0.39, 0.29) is 18.6 Å². The number of hydrogen-bond acceptors (Lipinski definition) is 2. The molecular formula is C6H8N4O. The maximum Gasteiger partial charge on any atom is 0.356 e. The van der Waals surface area contributed by atoms with Crippen LogP contribution in [0.25, 0.3) is 5.53 Å². The number of amides is 1. The Morgan fingerprint density at radius 2 is 2.45 bits per heavy atom.